The molecule has 6 nitrogen and oxygen atoms in total. The zero-order valence-electron chi connectivity index (χ0n) is 16.1. The van der Waals surface area contributed by atoms with Crippen LogP contribution in [0.25, 0.3) is 11.1 Å². The number of hydrogen-bond donors (Lipinski definition) is 2. The number of amides is 2. The lowest BCUT2D eigenvalue weighted by Crippen LogP contribution is -2.46. The molecular weight excluding hydrogens is 356 g/mol. The molecule has 0 bridgehead atoms. The average Bonchev–Trinajstić information content (AvgIpc) is 3.02. The minimum Gasteiger partial charge on any atom is -0.464 e. The Bertz CT molecular complexity index is 791. The number of ether oxygens (including phenoxy) is 1. The summed E-state index contributed by atoms with van der Waals surface area (Å²) in [6, 6.07) is 16.1. The summed E-state index contributed by atoms with van der Waals surface area (Å²) in [6.07, 6.45) is 1.78. The molecule has 0 saturated carbocycles. The summed E-state index contributed by atoms with van der Waals surface area (Å²) in [7, 11) is 0. The van der Waals surface area contributed by atoms with Gasteiger partial charge in [-0.05, 0) is 28.7 Å². The van der Waals surface area contributed by atoms with Crippen molar-refractivity contribution >= 4 is 12.2 Å². The molecule has 0 saturated heterocycles. The molecule has 1 aliphatic rings. The lowest BCUT2D eigenvalue weighted by molar-refractivity contribution is 0.0902. The van der Waals surface area contributed by atoms with E-state index in [-0.39, 0.29) is 19.1 Å². The Hall–Kier alpha value is -3.02. The van der Waals surface area contributed by atoms with E-state index in [1.807, 2.05) is 36.4 Å². The molecule has 6 heteroatoms. The number of rotatable bonds is 7. The smallest absolute Gasteiger partial charge is 0.426 e. The van der Waals surface area contributed by atoms with E-state index in [1.165, 1.54) is 0 Å². The highest BCUT2D eigenvalue weighted by Gasteiger charge is 2.29. The van der Waals surface area contributed by atoms with Crippen molar-refractivity contribution in [3.63, 3.8) is 0 Å². The monoisotopic (exact) mass is 382 g/mol. The number of unbranched alkanes of at least 4 members (excludes halogenated alkanes) is 3. The van der Waals surface area contributed by atoms with Gasteiger partial charge in [-0.2, -0.15) is 0 Å². The van der Waals surface area contributed by atoms with Crippen LogP contribution in [0.4, 0.5) is 9.59 Å². The summed E-state index contributed by atoms with van der Waals surface area (Å²) in [5.41, 5.74) is 6.87. The molecule has 3 rings (SSSR count). The van der Waals surface area contributed by atoms with Gasteiger partial charge < -0.3 is 9.84 Å². The summed E-state index contributed by atoms with van der Waals surface area (Å²) < 4.78 is 5.39. The molecule has 2 aromatic rings. The first-order valence-corrected chi connectivity index (χ1v) is 9.74. The maximum absolute atomic E-state index is 12.2. The third-order valence-corrected chi connectivity index (χ3v) is 5.04. The Morgan fingerprint density at radius 3 is 2.18 bits per heavy atom. The Morgan fingerprint density at radius 2 is 1.61 bits per heavy atom. The van der Waals surface area contributed by atoms with Crippen LogP contribution in [-0.2, 0) is 4.74 Å². The topological polar surface area (TPSA) is 78.9 Å². The lowest BCUT2D eigenvalue weighted by Gasteiger charge is -2.21. The van der Waals surface area contributed by atoms with Crippen LogP contribution in [0.5, 0.6) is 0 Å². The molecule has 0 radical (unpaired) electrons. The summed E-state index contributed by atoms with van der Waals surface area (Å²) >= 11 is 0. The Balaban J connectivity index is 1.60. The second-order valence-electron chi connectivity index (χ2n) is 6.93. The number of hydrogen-bond acceptors (Lipinski definition) is 3. The van der Waals surface area contributed by atoms with Crippen molar-refractivity contribution in [1.82, 2.24) is 10.4 Å². The van der Waals surface area contributed by atoms with E-state index in [2.05, 4.69) is 24.5 Å². The number of fused-ring (bicyclic) bond motifs is 3. The molecule has 0 fully saturated rings. The van der Waals surface area contributed by atoms with Gasteiger partial charge in [0, 0.05) is 12.5 Å². The highest BCUT2D eigenvalue weighted by molar-refractivity contribution is 5.79. The van der Waals surface area contributed by atoms with Crippen molar-refractivity contribution in [1.29, 1.82) is 0 Å². The van der Waals surface area contributed by atoms with Crippen LogP contribution in [0.2, 0.25) is 0 Å². The first-order valence-electron chi connectivity index (χ1n) is 9.74. The summed E-state index contributed by atoms with van der Waals surface area (Å²) in [4.78, 5) is 23.5. The predicted molar refractivity (Wildman–Crippen MR) is 107 cm³/mol. The van der Waals surface area contributed by atoms with Crippen LogP contribution in [-0.4, -0.2) is 35.5 Å². The highest BCUT2D eigenvalue weighted by Crippen LogP contribution is 2.44. The fourth-order valence-electron chi connectivity index (χ4n) is 3.64. The second kappa shape index (κ2) is 9.26. The molecule has 0 heterocycles. The molecule has 0 spiro atoms. The number of carbonyl (C=O) groups is 2. The molecule has 0 aromatic heterocycles. The van der Waals surface area contributed by atoms with Gasteiger partial charge in [-0.1, -0.05) is 74.7 Å². The third kappa shape index (κ3) is 4.44. The van der Waals surface area contributed by atoms with Crippen LogP contribution in [0.15, 0.2) is 48.5 Å². The van der Waals surface area contributed by atoms with Gasteiger partial charge in [0.1, 0.15) is 6.61 Å². The van der Waals surface area contributed by atoms with E-state index in [0.717, 1.165) is 46.5 Å². The van der Waals surface area contributed by atoms with Crippen LogP contribution in [0.1, 0.15) is 49.7 Å². The minimum absolute atomic E-state index is 0.0546. The standard InChI is InChI=1S/C22H26N2O4/c1-2-3-4-9-14-24(22(26)27)23-21(25)28-15-20-18-12-7-5-10-16(18)17-11-6-8-13-19(17)20/h5-8,10-13,20H,2-4,9,14-15H2,1H3,(H,23,25)(H,26,27). The molecule has 1 aliphatic carbocycles. The van der Waals surface area contributed by atoms with Crippen LogP contribution >= 0.6 is 0 Å². The normalized spacial score (nSPS) is 12.2. The van der Waals surface area contributed by atoms with Crippen LogP contribution < -0.4 is 5.43 Å². The molecule has 2 aromatic carbocycles. The molecule has 148 valence electrons. The second-order valence-corrected chi connectivity index (χ2v) is 6.93. The number of nitrogens with zero attached hydrogens (tertiary/aromatic N) is 1. The zero-order valence-corrected chi connectivity index (χ0v) is 16.1. The zero-order chi connectivity index (χ0) is 19.9. The number of nitrogens with one attached hydrogen (secondary N) is 1. The van der Waals surface area contributed by atoms with Gasteiger partial charge in [-0.25, -0.2) is 20.0 Å². The van der Waals surface area contributed by atoms with E-state index in [0.29, 0.717) is 6.42 Å². The SMILES string of the molecule is CCCCCCN(NC(=O)OCC1c2ccccc2-c2ccccc21)C(=O)O. The average molecular weight is 382 g/mol. The maximum Gasteiger partial charge on any atom is 0.426 e. The molecule has 0 unspecified atom stereocenters. The van der Waals surface area contributed by atoms with Crippen molar-refractivity contribution < 1.29 is 19.4 Å². The van der Waals surface area contributed by atoms with Gasteiger partial charge >= 0.3 is 12.2 Å². The van der Waals surface area contributed by atoms with Crippen LogP contribution in [0.3, 0.4) is 0 Å². The van der Waals surface area contributed by atoms with Crippen molar-refractivity contribution in [2.24, 2.45) is 0 Å². The van der Waals surface area contributed by atoms with Gasteiger partial charge in [-0.3, -0.25) is 0 Å². The van der Waals surface area contributed by atoms with E-state index >= 15 is 0 Å². The highest BCUT2D eigenvalue weighted by atomic mass is 16.6. The van der Waals surface area contributed by atoms with Crippen LogP contribution in [0, 0.1) is 0 Å². The number of carboxylic acid groups (broad SMARTS) is 1. The summed E-state index contributed by atoms with van der Waals surface area (Å²) in [6.45, 7) is 2.49. The Morgan fingerprint density at radius 1 is 1.00 bits per heavy atom. The molecule has 0 aliphatic heterocycles. The Kier molecular flexibility index (Phi) is 6.53. The summed E-state index contributed by atoms with van der Waals surface area (Å²) in [5.74, 6) is -0.0546. The fourth-order valence-corrected chi connectivity index (χ4v) is 3.64. The minimum atomic E-state index is -1.19. The van der Waals surface area contributed by atoms with Gasteiger partial charge in [0.2, 0.25) is 0 Å². The first kappa shape index (κ1) is 19.7. The first-order chi connectivity index (χ1) is 13.6. The predicted octanol–water partition coefficient (Wildman–Crippen LogP) is 5.00. The quantitative estimate of drug-likeness (QED) is 0.522. The maximum atomic E-state index is 12.2. The van der Waals surface area contributed by atoms with Crippen molar-refractivity contribution in [2.75, 3.05) is 13.2 Å². The van der Waals surface area contributed by atoms with Crippen molar-refractivity contribution in [2.45, 2.75) is 38.5 Å². The van der Waals surface area contributed by atoms with Crippen molar-refractivity contribution in [3.8, 4) is 11.1 Å². The van der Waals surface area contributed by atoms with Gasteiger partial charge in [0.15, 0.2) is 0 Å². The number of carbonyl (C=O) groups excluding carboxylic acids is 1. The molecular formula is C22H26N2O4. The van der Waals surface area contributed by atoms with Gasteiger partial charge in [-0.15, -0.1) is 0 Å². The lowest BCUT2D eigenvalue weighted by atomic mass is 9.98. The van der Waals surface area contributed by atoms with E-state index in [1.54, 1.807) is 0 Å². The van der Waals surface area contributed by atoms with E-state index < -0.39 is 12.2 Å². The van der Waals surface area contributed by atoms with Gasteiger partial charge in [0.05, 0.1) is 0 Å². The summed E-state index contributed by atoms with van der Waals surface area (Å²) in [5, 5.41) is 10.2. The Labute approximate surface area is 165 Å². The molecule has 2 amide bonds. The van der Waals surface area contributed by atoms with Gasteiger partial charge in [0.25, 0.3) is 0 Å². The van der Waals surface area contributed by atoms with E-state index in [9.17, 15) is 14.7 Å². The third-order valence-electron chi connectivity index (χ3n) is 5.04. The molecule has 0 atom stereocenters. The number of benzene rings is 2. The molecule has 2 N–H and O–H groups in total. The van der Waals surface area contributed by atoms with Crippen molar-refractivity contribution in [3.05, 3.63) is 59.7 Å². The largest absolute Gasteiger partial charge is 0.464 e. The fraction of sp³-hybridized carbons (Fsp3) is 0.364. The molecule has 28 heavy (non-hydrogen) atoms. The van der Waals surface area contributed by atoms with E-state index in [4.69, 9.17) is 4.74 Å². The number of hydrazine groups is 1.